The number of nitro groups is 1. The van der Waals surface area contributed by atoms with Gasteiger partial charge in [0.05, 0.1) is 29.2 Å². The summed E-state index contributed by atoms with van der Waals surface area (Å²) in [5, 5.41) is 16.0. The van der Waals surface area contributed by atoms with Crippen LogP contribution in [0.15, 0.2) is 24.4 Å². The quantitative estimate of drug-likeness (QED) is 0.226. The van der Waals surface area contributed by atoms with Crippen LogP contribution in [-0.4, -0.2) is 70.6 Å². The molecule has 3 heterocycles. The molecule has 0 spiro atoms. The Morgan fingerprint density at radius 2 is 2.06 bits per heavy atom. The second-order valence-corrected chi connectivity index (χ2v) is 15.0. The highest BCUT2D eigenvalue weighted by Gasteiger charge is 2.24. The molecule has 0 unspecified atom stereocenters. The lowest BCUT2D eigenvalue weighted by molar-refractivity contribution is -0.384. The van der Waals surface area contributed by atoms with Crippen LogP contribution in [-0.2, 0) is 22.7 Å². The molecule has 0 bridgehead atoms. The molecule has 2 aromatic heterocycles. The Labute approximate surface area is 187 Å². The van der Waals surface area contributed by atoms with Gasteiger partial charge in [-0.3, -0.25) is 15.0 Å². The van der Waals surface area contributed by atoms with E-state index in [1.807, 2.05) is 18.2 Å². The Morgan fingerprint density at radius 3 is 2.78 bits per heavy atom. The molecule has 32 heavy (non-hydrogen) atoms. The molecule has 172 valence electrons. The second kappa shape index (κ2) is 9.49. The van der Waals surface area contributed by atoms with Gasteiger partial charge in [0.25, 0.3) is 0 Å². The minimum atomic E-state index is -1.20. The van der Waals surface area contributed by atoms with Gasteiger partial charge in [-0.15, -0.1) is 0 Å². The highest BCUT2D eigenvalue weighted by atomic mass is 28.3. The van der Waals surface area contributed by atoms with Crippen LogP contribution in [0.5, 0.6) is 0 Å². The largest absolute Gasteiger partial charge is 0.379 e. The minimum Gasteiger partial charge on any atom is -0.379 e. The maximum absolute atomic E-state index is 11.6. The Balaban J connectivity index is 1.51. The van der Waals surface area contributed by atoms with Gasteiger partial charge in [0.2, 0.25) is 5.69 Å². The maximum Gasteiger partial charge on any atom is 0.318 e. The number of nitrogens with one attached hydrogen (secondary N) is 1. The van der Waals surface area contributed by atoms with Crippen LogP contribution in [0.2, 0.25) is 25.7 Å². The number of hydrogen-bond acceptors (Lipinski definition) is 7. The van der Waals surface area contributed by atoms with Crippen molar-refractivity contribution in [2.24, 2.45) is 0 Å². The van der Waals surface area contributed by atoms with Crippen molar-refractivity contribution >= 4 is 24.8 Å². The van der Waals surface area contributed by atoms with Crippen LogP contribution >= 0.6 is 0 Å². The number of benzene rings is 1. The number of hydrogen-bond donors (Lipinski definition) is 1. The predicted molar refractivity (Wildman–Crippen MR) is 124 cm³/mol. The fourth-order valence-electron chi connectivity index (χ4n) is 3.60. The Hall–Kier alpha value is -2.60. The van der Waals surface area contributed by atoms with Crippen molar-refractivity contribution in [1.82, 2.24) is 24.6 Å². The second-order valence-electron chi connectivity index (χ2n) is 9.33. The summed E-state index contributed by atoms with van der Waals surface area (Å²) in [5.41, 5.74) is 2.87. The number of rotatable bonds is 9. The molecular formula is C21H30N6O4Si. The van der Waals surface area contributed by atoms with Crippen LogP contribution in [0.4, 0.5) is 5.69 Å². The van der Waals surface area contributed by atoms with Crippen molar-refractivity contribution in [3.8, 4) is 11.5 Å². The van der Waals surface area contributed by atoms with E-state index in [9.17, 15) is 10.1 Å². The van der Waals surface area contributed by atoms with Gasteiger partial charge < -0.3 is 14.5 Å². The number of morpholine rings is 1. The number of fused-ring (bicyclic) bond motifs is 1. The molecule has 1 aliphatic rings. The van der Waals surface area contributed by atoms with Gasteiger partial charge >= 0.3 is 5.69 Å². The fraction of sp³-hybridized carbons (Fsp3) is 0.524. The van der Waals surface area contributed by atoms with Gasteiger partial charge in [0, 0.05) is 34.3 Å². The number of aromatic nitrogens is 4. The van der Waals surface area contributed by atoms with Crippen LogP contribution < -0.4 is 0 Å². The molecule has 1 saturated heterocycles. The smallest absolute Gasteiger partial charge is 0.318 e. The number of imidazole rings is 1. The summed E-state index contributed by atoms with van der Waals surface area (Å²) in [6.07, 6.45) is 1.40. The van der Waals surface area contributed by atoms with E-state index in [1.165, 1.54) is 10.9 Å². The molecule has 3 aromatic rings. The van der Waals surface area contributed by atoms with Crippen molar-refractivity contribution in [1.29, 1.82) is 0 Å². The van der Waals surface area contributed by atoms with E-state index in [4.69, 9.17) is 9.47 Å². The number of nitrogens with zero attached hydrogens (tertiary/aromatic N) is 5. The highest BCUT2D eigenvalue weighted by molar-refractivity contribution is 6.76. The lowest BCUT2D eigenvalue weighted by Crippen LogP contribution is -2.35. The average molecular weight is 459 g/mol. The fourth-order valence-corrected chi connectivity index (χ4v) is 4.36. The van der Waals surface area contributed by atoms with Crippen LogP contribution in [0, 0.1) is 10.1 Å². The van der Waals surface area contributed by atoms with Crippen molar-refractivity contribution < 1.29 is 14.4 Å². The van der Waals surface area contributed by atoms with Gasteiger partial charge in [-0.2, -0.15) is 5.10 Å². The lowest BCUT2D eigenvalue weighted by Gasteiger charge is -2.26. The number of H-pyrrole nitrogens is 1. The number of aromatic amines is 1. The molecule has 0 amide bonds. The third kappa shape index (κ3) is 5.60. The maximum atomic E-state index is 11.6. The molecule has 1 N–H and O–H groups in total. The molecule has 0 atom stereocenters. The first kappa shape index (κ1) is 22.6. The molecule has 1 fully saturated rings. The summed E-state index contributed by atoms with van der Waals surface area (Å²) in [5.74, 6) is 0.385. The zero-order valence-corrected chi connectivity index (χ0v) is 19.8. The van der Waals surface area contributed by atoms with Crippen molar-refractivity contribution in [3.05, 3.63) is 40.1 Å². The topological polar surface area (TPSA) is 111 Å². The first-order valence-electron chi connectivity index (χ1n) is 10.9. The van der Waals surface area contributed by atoms with Crippen LogP contribution in [0.25, 0.3) is 22.6 Å². The molecule has 11 heteroatoms. The zero-order chi connectivity index (χ0) is 22.7. The van der Waals surface area contributed by atoms with Crippen LogP contribution in [0.1, 0.15) is 5.56 Å². The van der Waals surface area contributed by atoms with Gasteiger partial charge in [0.1, 0.15) is 12.9 Å². The van der Waals surface area contributed by atoms with Gasteiger partial charge in [0.15, 0.2) is 5.82 Å². The molecule has 1 aromatic carbocycles. The molecule has 10 nitrogen and oxygen atoms in total. The van der Waals surface area contributed by atoms with E-state index in [2.05, 4.69) is 39.6 Å². The molecule has 0 radical (unpaired) electrons. The van der Waals surface area contributed by atoms with E-state index in [1.54, 1.807) is 0 Å². The van der Waals surface area contributed by atoms with Crippen molar-refractivity contribution in [2.45, 2.75) is 39.0 Å². The molecule has 0 aliphatic carbocycles. The van der Waals surface area contributed by atoms with Crippen LogP contribution in [0.3, 0.4) is 0 Å². The molecule has 4 rings (SSSR count). The number of ether oxygens (including phenoxy) is 2. The third-order valence-corrected chi connectivity index (χ3v) is 7.14. The monoisotopic (exact) mass is 458 g/mol. The predicted octanol–water partition coefficient (Wildman–Crippen LogP) is 3.48. The standard InChI is InChI=1S/C21H30N6O4Si/c1-32(2,3)11-10-31-15-26-14-19(27(28)29)20(24-26)21-22-17-5-4-16(12-18(17)23-21)13-25-6-8-30-9-7-25/h4-5,12,14H,6-11,13,15H2,1-3H3,(H,22,23). The van der Waals surface area contributed by atoms with E-state index >= 15 is 0 Å². The van der Waals surface area contributed by atoms with Crippen molar-refractivity contribution in [3.63, 3.8) is 0 Å². The summed E-state index contributed by atoms with van der Waals surface area (Å²) in [7, 11) is -1.20. The lowest BCUT2D eigenvalue weighted by atomic mass is 10.2. The SMILES string of the molecule is C[Si](C)(C)CCOCn1cc([N+](=O)[O-])c(-c2nc3ccc(CN4CCOCC4)cc3[nH]2)n1. The summed E-state index contributed by atoms with van der Waals surface area (Å²) >= 11 is 0. The first-order valence-corrected chi connectivity index (χ1v) is 14.6. The van der Waals surface area contributed by atoms with Gasteiger partial charge in [-0.05, 0) is 23.7 Å². The average Bonchev–Trinajstić information content (AvgIpc) is 3.35. The first-order chi connectivity index (χ1) is 15.3. The van der Waals surface area contributed by atoms with E-state index in [0.29, 0.717) is 12.4 Å². The summed E-state index contributed by atoms with van der Waals surface area (Å²) in [6, 6.07) is 7.05. The third-order valence-electron chi connectivity index (χ3n) is 5.44. The van der Waals surface area contributed by atoms with Crippen molar-refractivity contribution in [2.75, 3.05) is 32.9 Å². The summed E-state index contributed by atoms with van der Waals surface area (Å²) in [6.45, 7) is 11.8. The highest BCUT2D eigenvalue weighted by Crippen LogP contribution is 2.28. The normalized spacial score (nSPS) is 15.5. The molecule has 0 saturated carbocycles. The van der Waals surface area contributed by atoms with E-state index < -0.39 is 13.0 Å². The van der Waals surface area contributed by atoms with Gasteiger partial charge in [-0.1, -0.05) is 25.7 Å². The molecule has 1 aliphatic heterocycles. The Morgan fingerprint density at radius 1 is 1.28 bits per heavy atom. The summed E-state index contributed by atoms with van der Waals surface area (Å²) < 4.78 is 12.6. The molecular weight excluding hydrogens is 428 g/mol. The Bertz CT molecular complexity index is 1080. The minimum absolute atomic E-state index is 0.0913. The summed E-state index contributed by atoms with van der Waals surface area (Å²) in [4.78, 5) is 21.3. The van der Waals surface area contributed by atoms with E-state index in [0.717, 1.165) is 55.5 Å². The Kier molecular flexibility index (Phi) is 6.70. The van der Waals surface area contributed by atoms with Gasteiger partial charge in [-0.25, -0.2) is 9.67 Å². The zero-order valence-electron chi connectivity index (χ0n) is 18.8. The van der Waals surface area contributed by atoms with E-state index in [-0.39, 0.29) is 18.1 Å².